The van der Waals surface area contributed by atoms with Crippen LogP contribution in [-0.2, 0) is 6.42 Å². The summed E-state index contributed by atoms with van der Waals surface area (Å²) in [6.45, 7) is 2.03. The Morgan fingerprint density at radius 3 is 2.72 bits per heavy atom. The van der Waals surface area contributed by atoms with Gasteiger partial charge in [-0.15, -0.1) is 10.2 Å². The van der Waals surface area contributed by atoms with Crippen molar-refractivity contribution in [1.29, 1.82) is 0 Å². The van der Waals surface area contributed by atoms with E-state index in [4.69, 9.17) is 0 Å². The number of nitrogens with one attached hydrogen (secondary N) is 1. The van der Waals surface area contributed by atoms with Gasteiger partial charge in [-0.3, -0.25) is 9.69 Å². The van der Waals surface area contributed by atoms with Gasteiger partial charge in [0.15, 0.2) is 0 Å². The number of carbonyl (C=O) groups excluding carboxylic acids is 1. The van der Waals surface area contributed by atoms with Gasteiger partial charge in [0.1, 0.15) is 5.01 Å². The van der Waals surface area contributed by atoms with Gasteiger partial charge in [0, 0.05) is 16.8 Å². The highest BCUT2D eigenvalue weighted by Crippen LogP contribution is 2.45. The number of aryl methyl sites for hydroxylation is 1. The van der Waals surface area contributed by atoms with Crippen molar-refractivity contribution in [3.05, 3.63) is 53.0 Å². The van der Waals surface area contributed by atoms with Crippen LogP contribution in [0, 0.1) is 0 Å². The Balaban J connectivity index is 1.69. The highest BCUT2D eigenvalue weighted by molar-refractivity contribution is 7.99. The van der Waals surface area contributed by atoms with Gasteiger partial charge in [0.2, 0.25) is 5.13 Å². The molecule has 2 aromatic carbocycles. The van der Waals surface area contributed by atoms with Gasteiger partial charge in [-0.25, -0.2) is 0 Å². The minimum atomic E-state index is -0.0943. The van der Waals surface area contributed by atoms with Crippen molar-refractivity contribution in [3.8, 4) is 0 Å². The minimum absolute atomic E-state index is 0.0943. The molecule has 1 aliphatic rings. The smallest absolute Gasteiger partial charge is 0.261 e. The maximum absolute atomic E-state index is 13.0. The molecule has 1 aliphatic heterocycles. The molecule has 0 aliphatic carbocycles. The zero-order chi connectivity index (χ0) is 17.4. The zero-order valence-electron chi connectivity index (χ0n) is 13.8. The highest BCUT2D eigenvalue weighted by Gasteiger charge is 2.25. The third-order valence-electron chi connectivity index (χ3n) is 3.97. The summed E-state index contributed by atoms with van der Waals surface area (Å²) in [5, 5.41) is 13.2. The van der Waals surface area contributed by atoms with Crippen LogP contribution in [0.5, 0.6) is 0 Å². The average molecular weight is 368 g/mol. The molecular formula is C18H16N4OS2. The van der Waals surface area contributed by atoms with Crippen LogP contribution in [-0.4, -0.2) is 23.2 Å². The molecule has 0 fully saturated rings. The average Bonchev–Trinajstić information content (AvgIpc) is 3.14. The predicted octanol–water partition coefficient (Wildman–Crippen LogP) is 4.59. The summed E-state index contributed by atoms with van der Waals surface area (Å²) < 4.78 is 0. The molecule has 0 bridgehead atoms. The number of nitrogens with zero attached hydrogens (tertiary/aromatic N) is 3. The second-order valence-electron chi connectivity index (χ2n) is 5.60. The van der Waals surface area contributed by atoms with E-state index in [2.05, 4.69) is 21.6 Å². The SMILES string of the molecule is CCc1nnc(N(C)C(=O)c2cccc3c2Nc2ccccc2S3)s1. The van der Waals surface area contributed by atoms with Crippen molar-refractivity contribution in [1.82, 2.24) is 10.2 Å². The summed E-state index contributed by atoms with van der Waals surface area (Å²) in [4.78, 5) is 16.8. The molecule has 126 valence electrons. The normalized spacial score (nSPS) is 12.1. The lowest BCUT2D eigenvalue weighted by Crippen LogP contribution is -2.27. The molecule has 4 rings (SSSR count). The molecule has 25 heavy (non-hydrogen) atoms. The van der Waals surface area contributed by atoms with Gasteiger partial charge in [-0.05, 0) is 30.7 Å². The Kier molecular flexibility index (Phi) is 4.19. The number of hydrogen-bond acceptors (Lipinski definition) is 6. The first kappa shape index (κ1) is 16.1. The number of amides is 1. The lowest BCUT2D eigenvalue weighted by Gasteiger charge is -2.24. The van der Waals surface area contributed by atoms with Gasteiger partial charge in [-0.1, -0.05) is 48.2 Å². The van der Waals surface area contributed by atoms with E-state index in [1.807, 2.05) is 43.3 Å². The first-order chi connectivity index (χ1) is 12.2. The molecule has 0 atom stereocenters. The molecule has 1 amide bonds. The Bertz CT molecular complexity index is 954. The number of anilines is 3. The molecule has 1 N–H and O–H groups in total. The topological polar surface area (TPSA) is 58.1 Å². The second kappa shape index (κ2) is 6.50. The Labute approximate surface area is 154 Å². The summed E-state index contributed by atoms with van der Waals surface area (Å²) in [6, 6.07) is 13.9. The predicted molar refractivity (Wildman–Crippen MR) is 102 cm³/mol. The fourth-order valence-electron chi connectivity index (χ4n) is 2.63. The van der Waals surface area contributed by atoms with Crippen LogP contribution < -0.4 is 10.2 Å². The van der Waals surface area contributed by atoms with Crippen molar-refractivity contribution in [2.75, 3.05) is 17.3 Å². The van der Waals surface area contributed by atoms with Crippen LogP contribution in [0.4, 0.5) is 16.5 Å². The van der Waals surface area contributed by atoms with E-state index in [9.17, 15) is 4.79 Å². The number of para-hydroxylation sites is 2. The largest absolute Gasteiger partial charge is 0.353 e. The Morgan fingerprint density at radius 2 is 1.92 bits per heavy atom. The molecule has 1 aromatic heterocycles. The van der Waals surface area contributed by atoms with Crippen molar-refractivity contribution in [2.45, 2.75) is 23.1 Å². The number of benzene rings is 2. The number of rotatable bonds is 3. The van der Waals surface area contributed by atoms with Crippen molar-refractivity contribution in [3.63, 3.8) is 0 Å². The van der Waals surface area contributed by atoms with Crippen LogP contribution in [0.1, 0.15) is 22.3 Å². The summed E-state index contributed by atoms with van der Waals surface area (Å²) in [5.41, 5.74) is 2.51. The Morgan fingerprint density at radius 1 is 1.12 bits per heavy atom. The monoisotopic (exact) mass is 368 g/mol. The molecule has 0 radical (unpaired) electrons. The molecule has 0 spiro atoms. The van der Waals surface area contributed by atoms with E-state index >= 15 is 0 Å². The minimum Gasteiger partial charge on any atom is -0.353 e. The molecular weight excluding hydrogens is 352 g/mol. The van der Waals surface area contributed by atoms with E-state index in [0.717, 1.165) is 32.6 Å². The molecule has 7 heteroatoms. The zero-order valence-corrected chi connectivity index (χ0v) is 15.4. The van der Waals surface area contributed by atoms with Crippen LogP contribution in [0.25, 0.3) is 0 Å². The third-order valence-corrected chi connectivity index (χ3v) is 6.25. The lowest BCUT2D eigenvalue weighted by molar-refractivity contribution is 0.0993. The lowest BCUT2D eigenvalue weighted by atomic mass is 10.1. The van der Waals surface area contributed by atoms with E-state index < -0.39 is 0 Å². The third kappa shape index (κ3) is 2.89. The van der Waals surface area contributed by atoms with Gasteiger partial charge < -0.3 is 5.32 Å². The molecule has 0 unspecified atom stereocenters. The van der Waals surface area contributed by atoms with Crippen molar-refractivity contribution >= 4 is 45.5 Å². The van der Waals surface area contributed by atoms with Gasteiger partial charge >= 0.3 is 0 Å². The van der Waals surface area contributed by atoms with Crippen LogP contribution in [0.2, 0.25) is 0 Å². The number of aromatic nitrogens is 2. The van der Waals surface area contributed by atoms with Crippen LogP contribution >= 0.6 is 23.1 Å². The summed E-state index contributed by atoms with van der Waals surface area (Å²) in [6.07, 6.45) is 0.815. The van der Waals surface area contributed by atoms with E-state index in [-0.39, 0.29) is 5.91 Å². The summed E-state index contributed by atoms with van der Waals surface area (Å²) in [7, 11) is 1.74. The molecule has 0 saturated heterocycles. The maximum atomic E-state index is 13.0. The van der Waals surface area contributed by atoms with Gasteiger partial charge in [0.25, 0.3) is 5.91 Å². The molecule has 3 aromatic rings. The Hall–Kier alpha value is -2.38. The number of hydrogen-bond donors (Lipinski definition) is 1. The first-order valence-corrected chi connectivity index (χ1v) is 9.58. The van der Waals surface area contributed by atoms with Crippen LogP contribution in [0.3, 0.4) is 0 Å². The fraction of sp³-hybridized carbons (Fsp3) is 0.167. The number of fused-ring (bicyclic) bond motifs is 2. The van der Waals surface area contributed by atoms with Crippen molar-refractivity contribution < 1.29 is 4.79 Å². The first-order valence-electron chi connectivity index (χ1n) is 7.94. The molecule has 0 saturated carbocycles. The van der Waals surface area contributed by atoms with E-state index in [1.54, 1.807) is 23.7 Å². The standard InChI is InChI=1S/C18H16N4OS2/c1-3-15-20-21-18(25-15)22(2)17(23)11-7-6-10-14-16(11)19-12-8-4-5-9-13(12)24-14/h4-10,19H,3H2,1-2H3. The van der Waals surface area contributed by atoms with Crippen molar-refractivity contribution in [2.24, 2.45) is 0 Å². The van der Waals surface area contributed by atoms with Crippen LogP contribution in [0.15, 0.2) is 52.3 Å². The number of carbonyl (C=O) groups is 1. The van der Waals surface area contributed by atoms with E-state index in [1.165, 1.54) is 11.3 Å². The van der Waals surface area contributed by atoms with Gasteiger partial charge in [0.05, 0.1) is 16.9 Å². The van der Waals surface area contributed by atoms with Gasteiger partial charge in [-0.2, -0.15) is 0 Å². The highest BCUT2D eigenvalue weighted by atomic mass is 32.2. The fourth-order valence-corrected chi connectivity index (χ4v) is 4.39. The quantitative estimate of drug-likeness (QED) is 0.573. The molecule has 2 heterocycles. The maximum Gasteiger partial charge on any atom is 0.261 e. The second-order valence-corrected chi connectivity index (χ2v) is 7.72. The van der Waals surface area contributed by atoms with E-state index in [0.29, 0.717) is 10.7 Å². The summed E-state index contributed by atoms with van der Waals surface area (Å²) in [5.74, 6) is -0.0943. The molecule has 5 nitrogen and oxygen atoms in total. The summed E-state index contributed by atoms with van der Waals surface area (Å²) >= 11 is 3.12.